The second-order valence-electron chi connectivity index (χ2n) is 3.62. The molecule has 1 aromatic rings. The van der Waals surface area contributed by atoms with Crippen molar-refractivity contribution in [3.63, 3.8) is 0 Å². The lowest BCUT2D eigenvalue weighted by Gasteiger charge is -1.98. The maximum absolute atomic E-state index is 11.3. The smallest absolute Gasteiger partial charge is 0.155 e. The summed E-state index contributed by atoms with van der Waals surface area (Å²) in [4.78, 5) is 11.3. The molecule has 0 heterocycles. The Morgan fingerprint density at radius 1 is 1.27 bits per heavy atom. The minimum absolute atomic E-state index is 0.243. The van der Waals surface area contributed by atoms with Gasteiger partial charge in [-0.05, 0) is 30.9 Å². The van der Waals surface area contributed by atoms with E-state index in [1.165, 1.54) is 5.56 Å². The van der Waals surface area contributed by atoms with Crippen molar-refractivity contribution in [1.82, 2.24) is 0 Å². The Bertz CT molecular complexity index is 311. The quantitative estimate of drug-likeness (QED) is 0.645. The van der Waals surface area contributed by atoms with Gasteiger partial charge in [0.05, 0.1) is 0 Å². The Morgan fingerprint density at radius 3 is 2.67 bits per heavy atom. The van der Waals surface area contributed by atoms with Crippen LogP contribution in [0.4, 0.5) is 0 Å². The lowest BCUT2D eigenvalue weighted by atomic mass is 10.1. The first kappa shape index (κ1) is 11.7. The normalized spacial score (nSPS) is 10.7. The zero-order valence-electron chi connectivity index (χ0n) is 9.28. The molecule has 0 aromatic heterocycles. The summed E-state index contributed by atoms with van der Waals surface area (Å²) < 4.78 is 0. The predicted octanol–water partition coefficient (Wildman–Crippen LogP) is 3.54. The highest BCUT2D eigenvalue weighted by Gasteiger charge is 1.97. The maximum Gasteiger partial charge on any atom is 0.155 e. The molecule has 1 aromatic carbocycles. The molecular weight excluding hydrogens is 184 g/mol. The van der Waals surface area contributed by atoms with E-state index in [-0.39, 0.29) is 5.78 Å². The molecule has 0 aliphatic heterocycles. The highest BCUT2D eigenvalue weighted by atomic mass is 16.1. The first-order valence-electron chi connectivity index (χ1n) is 5.56. The van der Waals surface area contributed by atoms with Gasteiger partial charge in [0.2, 0.25) is 0 Å². The summed E-state index contributed by atoms with van der Waals surface area (Å²) in [5, 5.41) is 0. The van der Waals surface area contributed by atoms with Crippen LogP contribution in [0.25, 0.3) is 0 Å². The van der Waals surface area contributed by atoms with Gasteiger partial charge in [-0.15, -0.1) is 0 Å². The lowest BCUT2D eigenvalue weighted by molar-refractivity contribution is -0.114. The van der Waals surface area contributed by atoms with Gasteiger partial charge >= 0.3 is 0 Å². The second kappa shape index (κ2) is 6.99. The van der Waals surface area contributed by atoms with Crippen LogP contribution in [0.2, 0.25) is 0 Å². The number of carbonyl (C=O) groups excluding carboxylic acids is 1. The van der Waals surface area contributed by atoms with Crippen LogP contribution in [-0.2, 0) is 11.2 Å². The molecule has 15 heavy (non-hydrogen) atoms. The Kier molecular flexibility index (Phi) is 5.46. The molecule has 1 nitrogen and oxygen atoms in total. The van der Waals surface area contributed by atoms with Crippen molar-refractivity contribution < 1.29 is 4.79 Å². The number of aryl methyl sites for hydroxylation is 1. The Labute approximate surface area is 91.8 Å². The van der Waals surface area contributed by atoms with E-state index in [2.05, 4.69) is 12.1 Å². The number of hydrogen-bond donors (Lipinski definition) is 0. The molecule has 0 unspecified atom stereocenters. The monoisotopic (exact) mass is 202 g/mol. The molecule has 80 valence electrons. The molecule has 0 aliphatic carbocycles. The van der Waals surface area contributed by atoms with Crippen LogP contribution in [0.15, 0.2) is 42.5 Å². The first-order chi connectivity index (χ1) is 7.33. The number of ketones is 1. The lowest BCUT2D eigenvalue weighted by Crippen LogP contribution is -1.94. The summed E-state index contributed by atoms with van der Waals surface area (Å²) in [6.45, 7) is 2.04. The summed E-state index contributed by atoms with van der Waals surface area (Å²) in [7, 11) is 0. The molecule has 0 radical (unpaired) electrons. The third-order valence-electron chi connectivity index (χ3n) is 2.27. The van der Waals surface area contributed by atoms with Crippen molar-refractivity contribution in [3.8, 4) is 0 Å². The van der Waals surface area contributed by atoms with Crippen molar-refractivity contribution in [2.75, 3.05) is 0 Å². The van der Waals surface area contributed by atoms with Crippen LogP contribution in [0.5, 0.6) is 0 Å². The van der Waals surface area contributed by atoms with E-state index in [1.54, 1.807) is 6.08 Å². The Hall–Kier alpha value is -1.37. The minimum atomic E-state index is 0.243. The van der Waals surface area contributed by atoms with E-state index < -0.39 is 0 Å². The number of benzene rings is 1. The third kappa shape index (κ3) is 5.16. The Balaban J connectivity index is 2.22. The van der Waals surface area contributed by atoms with Gasteiger partial charge < -0.3 is 0 Å². The fourth-order valence-corrected chi connectivity index (χ4v) is 1.44. The summed E-state index contributed by atoms with van der Waals surface area (Å²) in [5.74, 6) is 0.243. The van der Waals surface area contributed by atoms with Crippen molar-refractivity contribution in [1.29, 1.82) is 0 Å². The molecule has 0 atom stereocenters. The molecule has 0 amide bonds. The van der Waals surface area contributed by atoms with Crippen molar-refractivity contribution in [2.24, 2.45) is 0 Å². The zero-order valence-corrected chi connectivity index (χ0v) is 9.28. The molecule has 0 bridgehead atoms. The summed E-state index contributed by atoms with van der Waals surface area (Å²) in [6.07, 6.45) is 7.15. The molecular formula is C14H18O. The molecule has 0 aliphatic rings. The van der Waals surface area contributed by atoms with Crippen molar-refractivity contribution in [2.45, 2.75) is 32.6 Å². The fraction of sp³-hybridized carbons (Fsp3) is 0.357. The highest BCUT2D eigenvalue weighted by molar-refractivity contribution is 5.89. The third-order valence-corrected chi connectivity index (χ3v) is 2.27. The predicted molar refractivity (Wildman–Crippen MR) is 63.8 cm³/mol. The number of rotatable bonds is 6. The van der Waals surface area contributed by atoms with Crippen LogP contribution in [-0.4, -0.2) is 5.78 Å². The Morgan fingerprint density at radius 2 is 2.00 bits per heavy atom. The van der Waals surface area contributed by atoms with Crippen LogP contribution in [0.1, 0.15) is 31.7 Å². The van der Waals surface area contributed by atoms with Crippen molar-refractivity contribution >= 4 is 5.78 Å². The van der Waals surface area contributed by atoms with Gasteiger partial charge in [-0.2, -0.15) is 0 Å². The van der Waals surface area contributed by atoms with Crippen LogP contribution in [0.3, 0.4) is 0 Å². The van der Waals surface area contributed by atoms with E-state index in [0.29, 0.717) is 6.42 Å². The molecule has 1 rings (SSSR count). The van der Waals surface area contributed by atoms with E-state index in [1.807, 2.05) is 31.2 Å². The maximum atomic E-state index is 11.3. The molecule has 0 saturated carbocycles. The average molecular weight is 202 g/mol. The zero-order chi connectivity index (χ0) is 10.9. The first-order valence-corrected chi connectivity index (χ1v) is 5.56. The topological polar surface area (TPSA) is 17.1 Å². The standard InChI is InChI=1S/C14H18O/c1-2-3-11-14(15)12-7-10-13-8-5-4-6-9-13/h3-6,8-9,11H,2,7,10,12H2,1H3/b11-3+. The van der Waals surface area contributed by atoms with Gasteiger partial charge in [-0.25, -0.2) is 0 Å². The molecule has 0 spiro atoms. The summed E-state index contributed by atoms with van der Waals surface area (Å²) >= 11 is 0. The van der Waals surface area contributed by atoms with Gasteiger partial charge in [-0.1, -0.05) is 43.3 Å². The van der Waals surface area contributed by atoms with Gasteiger partial charge in [0, 0.05) is 6.42 Å². The van der Waals surface area contributed by atoms with Crippen LogP contribution in [0, 0.1) is 0 Å². The van der Waals surface area contributed by atoms with Gasteiger partial charge in [0.25, 0.3) is 0 Å². The number of hydrogen-bond acceptors (Lipinski definition) is 1. The van der Waals surface area contributed by atoms with Crippen LogP contribution < -0.4 is 0 Å². The van der Waals surface area contributed by atoms with E-state index in [4.69, 9.17) is 0 Å². The van der Waals surface area contributed by atoms with Gasteiger partial charge in [0.15, 0.2) is 5.78 Å². The van der Waals surface area contributed by atoms with Crippen molar-refractivity contribution in [3.05, 3.63) is 48.0 Å². The SMILES string of the molecule is CC/C=C/C(=O)CCCc1ccccc1. The summed E-state index contributed by atoms with van der Waals surface area (Å²) in [5.41, 5.74) is 1.31. The number of allylic oxidation sites excluding steroid dienone is 2. The molecule has 0 saturated heterocycles. The minimum Gasteiger partial charge on any atom is -0.295 e. The van der Waals surface area contributed by atoms with Gasteiger partial charge in [-0.3, -0.25) is 4.79 Å². The second-order valence-corrected chi connectivity index (χ2v) is 3.62. The fourth-order valence-electron chi connectivity index (χ4n) is 1.44. The largest absolute Gasteiger partial charge is 0.295 e. The summed E-state index contributed by atoms with van der Waals surface area (Å²) in [6, 6.07) is 10.3. The number of carbonyl (C=O) groups is 1. The van der Waals surface area contributed by atoms with E-state index in [0.717, 1.165) is 19.3 Å². The molecule has 1 heteroatoms. The molecule has 0 fully saturated rings. The molecule has 0 N–H and O–H groups in total. The average Bonchev–Trinajstić information content (AvgIpc) is 2.28. The van der Waals surface area contributed by atoms with E-state index >= 15 is 0 Å². The van der Waals surface area contributed by atoms with Gasteiger partial charge in [0.1, 0.15) is 0 Å². The van der Waals surface area contributed by atoms with Crippen LogP contribution >= 0.6 is 0 Å². The van der Waals surface area contributed by atoms with E-state index in [9.17, 15) is 4.79 Å². The highest BCUT2D eigenvalue weighted by Crippen LogP contribution is 2.05.